The normalized spacial score (nSPS) is 11.5. The van der Waals surface area contributed by atoms with Gasteiger partial charge in [0.25, 0.3) is 0 Å². The van der Waals surface area contributed by atoms with Crippen molar-refractivity contribution in [3.63, 3.8) is 0 Å². The van der Waals surface area contributed by atoms with Gasteiger partial charge < -0.3 is 4.42 Å². The smallest absolute Gasteiger partial charge is 0.227 e. The molecule has 0 N–H and O–H groups in total. The van der Waals surface area contributed by atoms with Gasteiger partial charge in [-0.15, -0.1) is 0 Å². The standard InChI is InChI=1S/C20H13N3O/c1-12-9-10-14-13-6-4-7-16(19(13)24-20(14)23-12)18-15-5-2-3-8-17(15)21-11-22-18/h2-11H,1H3. The fourth-order valence-electron chi connectivity index (χ4n) is 3.18. The number of fused-ring (bicyclic) bond motifs is 4. The summed E-state index contributed by atoms with van der Waals surface area (Å²) in [6.07, 6.45) is 1.60. The predicted molar refractivity (Wildman–Crippen MR) is 94.8 cm³/mol. The van der Waals surface area contributed by atoms with Gasteiger partial charge in [-0.25, -0.2) is 15.0 Å². The lowest BCUT2D eigenvalue weighted by molar-refractivity contribution is 0.653. The van der Waals surface area contributed by atoms with Crippen LogP contribution in [-0.4, -0.2) is 15.0 Å². The quantitative estimate of drug-likeness (QED) is 0.442. The van der Waals surface area contributed by atoms with Gasteiger partial charge in [-0.1, -0.05) is 30.3 Å². The molecule has 2 aromatic carbocycles. The van der Waals surface area contributed by atoms with Gasteiger partial charge in [0.15, 0.2) is 0 Å². The van der Waals surface area contributed by atoms with Crippen LogP contribution < -0.4 is 0 Å². The van der Waals surface area contributed by atoms with Crippen LogP contribution in [0.15, 0.2) is 65.3 Å². The second-order valence-electron chi connectivity index (χ2n) is 5.83. The Labute approximate surface area is 137 Å². The van der Waals surface area contributed by atoms with Gasteiger partial charge in [-0.2, -0.15) is 0 Å². The third-order valence-corrected chi connectivity index (χ3v) is 4.30. The SMILES string of the molecule is Cc1ccc2c(n1)oc1c(-c3ncnc4ccccc34)cccc12. The minimum Gasteiger partial charge on any atom is -0.437 e. The van der Waals surface area contributed by atoms with Crippen molar-refractivity contribution in [2.75, 3.05) is 0 Å². The van der Waals surface area contributed by atoms with E-state index in [9.17, 15) is 0 Å². The summed E-state index contributed by atoms with van der Waals surface area (Å²) in [5.41, 5.74) is 5.18. The van der Waals surface area contributed by atoms with E-state index in [0.717, 1.165) is 44.2 Å². The monoisotopic (exact) mass is 311 g/mol. The number of benzene rings is 2. The van der Waals surface area contributed by atoms with E-state index in [1.807, 2.05) is 49.4 Å². The minimum absolute atomic E-state index is 0.663. The molecular formula is C20H13N3O. The Morgan fingerprint density at radius 3 is 2.62 bits per heavy atom. The molecule has 114 valence electrons. The summed E-state index contributed by atoms with van der Waals surface area (Å²) in [6, 6.07) is 18.2. The van der Waals surface area contributed by atoms with Crippen LogP contribution in [-0.2, 0) is 0 Å². The Balaban J connectivity index is 1.91. The molecule has 0 unspecified atom stereocenters. The second kappa shape index (κ2) is 4.86. The fraction of sp³-hybridized carbons (Fsp3) is 0.0500. The highest BCUT2D eigenvalue weighted by molar-refractivity contribution is 6.10. The molecule has 0 fully saturated rings. The summed E-state index contributed by atoms with van der Waals surface area (Å²) in [5, 5.41) is 3.09. The predicted octanol–water partition coefficient (Wildman–Crippen LogP) is 4.90. The molecule has 24 heavy (non-hydrogen) atoms. The van der Waals surface area contributed by atoms with Crippen molar-refractivity contribution in [1.29, 1.82) is 0 Å². The van der Waals surface area contributed by atoms with Gasteiger partial charge in [-0.05, 0) is 31.2 Å². The first-order chi connectivity index (χ1) is 11.8. The Morgan fingerprint density at radius 2 is 1.67 bits per heavy atom. The van der Waals surface area contributed by atoms with E-state index in [-0.39, 0.29) is 0 Å². The molecule has 5 aromatic rings. The van der Waals surface area contributed by atoms with Crippen molar-refractivity contribution in [3.8, 4) is 11.3 Å². The molecule has 0 amide bonds. The largest absolute Gasteiger partial charge is 0.437 e. The number of hydrogen-bond acceptors (Lipinski definition) is 4. The van der Waals surface area contributed by atoms with E-state index in [2.05, 4.69) is 27.1 Å². The van der Waals surface area contributed by atoms with E-state index < -0.39 is 0 Å². The first-order valence-corrected chi connectivity index (χ1v) is 7.80. The van der Waals surface area contributed by atoms with Gasteiger partial charge >= 0.3 is 0 Å². The highest BCUT2D eigenvalue weighted by Crippen LogP contribution is 2.36. The zero-order chi connectivity index (χ0) is 16.1. The van der Waals surface area contributed by atoms with Crippen LogP contribution in [0, 0.1) is 6.92 Å². The summed E-state index contributed by atoms with van der Waals surface area (Å²) in [7, 11) is 0. The topological polar surface area (TPSA) is 51.8 Å². The van der Waals surface area contributed by atoms with Crippen molar-refractivity contribution in [1.82, 2.24) is 15.0 Å². The average Bonchev–Trinajstić information content (AvgIpc) is 2.98. The number of pyridine rings is 1. The molecule has 0 atom stereocenters. The van der Waals surface area contributed by atoms with E-state index in [4.69, 9.17) is 4.42 Å². The van der Waals surface area contributed by atoms with Crippen LogP contribution in [0.2, 0.25) is 0 Å². The Hall–Kier alpha value is -3.27. The van der Waals surface area contributed by atoms with Crippen LogP contribution in [0.3, 0.4) is 0 Å². The Bertz CT molecular complexity index is 1220. The molecule has 0 saturated carbocycles. The molecule has 0 radical (unpaired) electrons. The molecule has 0 aliphatic heterocycles. The summed E-state index contributed by atoms with van der Waals surface area (Å²) in [4.78, 5) is 13.4. The van der Waals surface area contributed by atoms with Crippen molar-refractivity contribution >= 4 is 33.0 Å². The molecule has 0 saturated heterocycles. The van der Waals surface area contributed by atoms with Crippen LogP contribution >= 0.6 is 0 Å². The lowest BCUT2D eigenvalue weighted by Gasteiger charge is -2.05. The summed E-state index contributed by atoms with van der Waals surface area (Å²) in [6.45, 7) is 1.96. The van der Waals surface area contributed by atoms with Crippen LogP contribution in [0.4, 0.5) is 0 Å². The maximum atomic E-state index is 6.10. The first-order valence-electron chi connectivity index (χ1n) is 7.80. The van der Waals surface area contributed by atoms with Gasteiger partial charge in [-0.3, -0.25) is 0 Å². The molecule has 0 bridgehead atoms. The number of nitrogens with zero attached hydrogens (tertiary/aromatic N) is 3. The molecule has 0 spiro atoms. The number of para-hydroxylation sites is 2. The molecular weight excluding hydrogens is 298 g/mol. The third kappa shape index (κ3) is 1.83. The van der Waals surface area contributed by atoms with Crippen LogP contribution in [0.5, 0.6) is 0 Å². The molecule has 4 heteroatoms. The van der Waals surface area contributed by atoms with Gasteiger partial charge in [0.2, 0.25) is 5.71 Å². The molecule has 0 aliphatic rings. The van der Waals surface area contributed by atoms with E-state index >= 15 is 0 Å². The van der Waals surface area contributed by atoms with Gasteiger partial charge in [0.1, 0.15) is 11.9 Å². The zero-order valence-corrected chi connectivity index (χ0v) is 13.0. The van der Waals surface area contributed by atoms with Crippen molar-refractivity contribution < 1.29 is 4.42 Å². The fourth-order valence-corrected chi connectivity index (χ4v) is 3.18. The lowest BCUT2D eigenvalue weighted by atomic mass is 10.0. The number of rotatable bonds is 1. The van der Waals surface area contributed by atoms with Crippen molar-refractivity contribution in [3.05, 3.63) is 66.6 Å². The van der Waals surface area contributed by atoms with E-state index in [1.54, 1.807) is 6.33 Å². The molecule has 3 heterocycles. The second-order valence-corrected chi connectivity index (χ2v) is 5.83. The molecule has 5 rings (SSSR count). The van der Waals surface area contributed by atoms with E-state index in [0.29, 0.717) is 5.71 Å². The number of aromatic nitrogens is 3. The summed E-state index contributed by atoms with van der Waals surface area (Å²) in [5.74, 6) is 0. The lowest BCUT2D eigenvalue weighted by Crippen LogP contribution is -1.89. The molecule has 0 aliphatic carbocycles. The number of furan rings is 1. The minimum atomic E-state index is 0.663. The summed E-state index contributed by atoms with van der Waals surface area (Å²) < 4.78 is 6.10. The van der Waals surface area contributed by atoms with Crippen LogP contribution in [0.1, 0.15) is 5.69 Å². The van der Waals surface area contributed by atoms with Crippen molar-refractivity contribution in [2.24, 2.45) is 0 Å². The first kappa shape index (κ1) is 13.2. The molecule has 4 nitrogen and oxygen atoms in total. The number of aryl methyl sites for hydroxylation is 1. The molecule has 3 aromatic heterocycles. The van der Waals surface area contributed by atoms with Gasteiger partial charge in [0.05, 0.1) is 11.2 Å². The maximum absolute atomic E-state index is 6.10. The highest BCUT2D eigenvalue weighted by Gasteiger charge is 2.15. The van der Waals surface area contributed by atoms with Crippen molar-refractivity contribution in [2.45, 2.75) is 6.92 Å². The highest BCUT2D eigenvalue weighted by atomic mass is 16.3. The van der Waals surface area contributed by atoms with E-state index in [1.165, 1.54) is 0 Å². The Morgan fingerprint density at radius 1 is 0.792 bits per heavy atom. The number of hydrogen-bond donors (Lipinski definition) is 0. The van der Waals surface area contributed by atoms with Gasteiger partial charge in [0, 0.05) is 27.4 Å². The zero-order valence-electron chi connectivity index (χ0n) is 13.0. The third-order valence-electron chi connectivity index (χ3n) is 4.30. The summed E-state index contributed by atoms with van der Waals surface area (Å²) >= 11 is 0. The van der Waals surface area contributed by atoms with Crippen LogP contribution in [0.25, 0.3) is 44.2 Å². The Kier molecular flexibility index (Phi) is 2.67. The maximum Gasteiger partial charge on any atom is 0.227 e. The average molecular weight is 311 g/mol.